The van der Waals surface area contributed by atoms with Crippen LogP contribution >= 0.6 is 0 Å². The molecule has 16 heavy (non-hydrogen) atoms. The van der Waals surface area contributed by atoms with Crippen molar-refractivity contribution in [1.82, 2.24) is 5.32 Å². The molecule has 2 nitrogen and oxygen atoms in total. The molecule has 2 heteroatoms. The van der Waals surface area contributed by atoms with Gasteiger partial charge >= 0.3 is 0 Å². The van der Waals surface area contributed by atoms with E-state index in [0.717, 1.165) is 24.8 Å². The molecule has 0 saturated heterocycles. The van der Waals surface area contributed by atoms with Gasteiger partial charge in [-0.3, -0.25) is 0 Å². The number of hydrogen-bond donors (Lipinski definition) is 1. The average Bonchev–Trinajstić information content (AvgIpc) is 2.99. The van der Waals surface area contributed by atoms with Crippen LogP contribution in [0.3, 0.4) is 0 Å². The van der Waals surface area contributed by atoms with Gasteiger partial charge in [-0.1, -0.05) is 19.8 Å². The zero-order valence-corrected chi connectivity index (χ0v) is 10.5. The summed E-state index contributed by atoms with van der Waals surface area (Å²) < 4.78 is 0. The van der Waals surface area contributed by atoms with E-state index in [-0.39, 0.29) is 0 Å². The number of rotatable bonds is 5. The molecule has 2 aliphatic carbocycles. The van der Waals surface area contributed by atoms with Crippen LogP contribution in [0.5, 0.6) is 0 Å². The molecular weight excluding hydrogens is 196 g/mol. The van der Waals surface area contributed by atoms with E-state index in [1.807, 2.05) is 0 Å². The molecule has 2 aliphatic rings. The molecule has 0 heterocycles. The Kier molecular flexibility index (Phi) is 3.86. The summed E-state index contributed by atoms with van der Waals surface area (Å²) in [6.45, 7) is 4.63. The molecular formula is C14H24N2. The highest BCUT2D eigenvalue weighted by Gasteiger charge is 2.41. The fourth-order valence-electron chi connectivity index (χ4n) is 3.05. The SMILES string of the molecule is CC1CCCC(CNCC2(CC#N)CC2)C1. The quantitative estimate of drug-likeness (QED) is 0.773. The highest BCUT2D eigenvalue weighted by molar-refractivity contribution is 5.00. The zero-order chi connectivity index (χ0) is 11.4. The van der Waals surface area contributed by atoms with E-state index in [9.17, 15) is 0 Å². The number of nitriles is 1. The standard InChI is InChI=1S/C14H24N2/c1-12-3-2-4-13(9-12)10-16-11-14(5-6-14)7-8-15/h12-13,16H,2-7,9-11H2,1H3. The highest BCUT2D eigenvalue weighted by Crippen LogP contribution is 2.47. The first-order valence-electron chi connectivity index (χ1n) is 6.82. The maximum atomic E-state index is 8.75. The number of nitrogens with one attached hydrogen (secondary N) is 1. The molecule has 90 valence electrons. The van der Waals surface area contributed by atoms with Gasteiger partial charge in [0.2, 0.25) is 0 Å². The molecule has 2 unspecified atom stereocenters. The van der Waals surface area contributed by atoms with Crippen molar-refractivity contribution in [2.24, 2.45) is 17.3 Å². The van der Waals surface area contributed by atoms with Gasteiger partial charge in [-0.05, 0) is 49.5 Å². The minimum absolute atomic E-state index is 0.370. The highest BCUT2D eigenvalue weighted by atomic mass is 14.9. The van der Waals surface area contributed by atoms with E-state index in [1.54, 1.807) is 0 Å². The fraction of sp³-hybridized carbons (Fsp3) is 0.929. The maximum Gasteiger partial charge on any atom is 0.0628 e. The van der Waals surface area contributed by atoms with Gasteiger partial charge in [0.05, 0.1) is 6.07 Å². The molecule has 2 atom stereocenters. The second-order valence-electron chi connectivity index (χ2n) is 6.10. The van der Waals surface area contributed by atoms with E-state index >= 15 is 0 Å². The maximum absolute atomic E-state index is 8.75. The summed E-state index contributed by atoms with van der Waals surface area (Å²) in [7, 11) is 0. The minimum atomic E-state index is 0.370. The van der Waals surface area contributed by atoms with Gasteiger partial charge in [0.25, 0.3) is 0 Å². The van der Waals surface area contributed by atoms with Crippen LogP contribution in [0.25, 0.3) is 0 Å². The summed E-state index contributed by atoms with van der Waals surface area (Å²) in [6, 6.07) is 2.33. The van der Waals surface area contributed by atoms with Crippen LogP contribution in [0, 0.1) is 28.6 Å². The normalized spacial score (nSPS) is 32.0. The lowest BCUT2D eigenvalue weighted by Crippen LogP contribution is -2.31. The molecule has 0 aliphatic heterocycles. The van der Waals surface area contributed by atoms with Crippen molar-refractivity contribution < 1.29 is 0 Å². The van der Waals surface area contributed by atoms with Crippen LogP contribution in [0.1, 0.15) is 51.9 Å². The summed E-state index contributed by atoms with van der Waals surface area (Å²) in [5, 5.41) is 12.4. The van der Waals surface area contributed by atoms with Crippen molar-refractivity contribution >= 4 is 0 Å². The van der Waals surface area contributed by atoms with Crippen molar-refractivity contribution in [1.29, 1.82) is 5.26 Å². The monoisotopic (exact) mass is 220 g/mol. The van der Waals surface area contributed by atoms with E-state index < -0.39 is 0 Å². The summed E-state index contributed by atoms with van der Waals surface area (Å²) in [5.74, 6) is 1.82. The Morgan fingerprint density at radius 3 is 2.81 bits per heavy atom. The molecule has 0 aromatic heterocycles. The molecule has 0 amide bonds. The summed E-state index contributed by atoms with van der Waals surface area (Å²) in [6.07, 6.45) is 8.91. The predicted molar refractivity (Wildman–Crippen MR) is 65.9 cm³/mol. The van der Waals surface area contributed by atoms with Crippen molar-refractivity contribution in [3.05, 3.63) is 0 Å². The second-order valence-corrected chi connectivity index (χ2v) is 6.10. The van der Waals surface area contributed by atoms with Crippen LogP contribution in [-0.4, -0.2) is 13.1 Å². The van der Waals surface area contributed by atoms with Gasteiger partial charge in [-0.15, -0.1) is 0 Å². The van der Waals surface area contributed by atoms with Gasteiger partial charge < -0.3 is 5.32 Å². The molecule has 2 rings (SSSR count). The van der Waals surface area contributed by atoms with Crippen molar-refractivity contribution in [2.45, 2.75) is 51.9 Å². The molecule has 0 aromatic carbocycles. The smallest absolute Gasteiger partial charge is 0.0628 e. The Bertz CT molecular complexity index is 262. The van der Waals surface area contributed by atoms with Gasteiger partial charge in [0.1, 0.15) is 0 Å². The largest absolute Gasteiger partial charge is 0.316 e. The number of nitrogens with zero attached hydrogens (tertiary/aromatic N) is 1. The van der Waals surface area contributed by atoms with Crippen LogP contribution < -0.4 is 5.32 Å². The summed E-state index contributed by atoms with van der Waals surface area (Å²) >= 11 is 0. The summed E-state index contributed by atoms with van der Waals surface area (Å²) in [4.78, 5) is 0. The first-order chi connectivity index (χ1) is 7.74. The van der Waals surface area contributed by atoms with E-state index in [4.69, 9.17) is 5.26 Å². The van der Waals surface area contributed by atoms with Crippen LogP contribution in [-0.2, 0) is 0 Å². The van der Waals surface area contributed by atoms with Gasteiger partial charge in [-0.2, -0.15) is 5.26 Å². The third-order valence-corrected chi connectivity index (χ3v) is 4.39. The second kappa shape index (κ2) is 5.19. The molecule has 2 fully saturated rings. The first-order valence-corrected chi connectivity index (χ1v) is 6.82. The van der Waals surface area contributed by atoms with E-state index in [2.05, 4.69) is 18.3 Å². The summed E-state index contributed by atoms with van der Waals surface area (Å²) in [5.41, 5.74) is 0.370. The lowest BCUT2D eigenvalue weighted by Gasteiger charge is -2.27. The van der Waals surface area contributed by atoms with Crippen LogP contribution in [0.4, 0.5) is 0 Å². The molecule has 1 N–H and O–H groups in total. The topological polar surface area (TPSA) is 35.8 Å². The Morgan fingerprint density at radius 2 is 2.19 bits per heavy atom. The lowest BCUT2D eigenvalue weighted by atomic mass is 9.82. The molecule has 0 radical (unpaired) electrons. The molecule has 0 aromatic rings. The third kappa shape index (κ3) is 3.22. The molecule has 2 saturated carbocycles. The Labute approximate surface area is 99.4 Å². The lowest BCUT2D eigenvalue weighted by molar-refractivity contribution is 0.269. The number of hydrogen-bond acceptors (Lipinski definition) is 2. The van der Waals surface area contributed by atoms with Crippen molar-refractivity contribution in [3.8, 4) is 6.07 Å². The van der Waals surface area contributed by atoms with E-state index in [0.29, 0.717) is 5.41 Å². The third-order valence-electron chi connectivity index (χ3n) is 4.39. The van der Waals surface area contributed by atoms with Crippen LogP contribution in [0.2, 0.25) is 0 Å². The van der Waals surface area contributed by atoms with Crippen molar-refractivity contribution in [2.75, 3.05) is 13.1 Å². The fourth-order valence-corrected chi connectivity index (χ4v) is 3.05. The molecule has 0 bridgehead atoms. The average molecular weight is 220 g/mol. The molecule has 0 spiro atoms. The Balaban J connectivity index is 1.63. The van der Waals surface area contributed by atoms with Crippen molar-refractivity contribution in [3.63, 3.8) is 0 Å². The zero-order valence-electron chi connectivity index (χ0n) is 10.5. The van der Waals surface area contributed by atoms with Crippen LogP contribution in [0.15, 0.2) is 0 Å². The predicted octanol–water partition coefficient (Wildman–Crippen LogP) is 3.10. The Hall–Kier alpha value is -0.550. The minimum Gasteiger partial charge on any atom is -0.316 e. The van der Waals surface area contributed by atoms with Gasteiger partial charge in [0, 0.05) is 13.0 Å². The first kappa shape index (κ1) is 11.9. The van der Waals surface area contributed by atoms with Gasteiger partial charge in [-0.25, -0.2) is 0 Å². The van der Waals surface area contributed by atoms with Gasteiger partial charge in [0.15, 0.2) is 0 Å². The Morgan fingerprint density at radius 1 is 1.38 bits per heavy atom. The van der Waals surface area contributed by atoms with E-state index in [1.165, 1.54) is 45.1 Å².